The minimum Gasteiger partial charge on any atom is -0.309 e. The summed E-state index contributed by atoms with van der Waals surface area (Å²) in [5.41, 5.74) is 2.34. The van der Waals surface area contributed by atoms with Crippen molar-refractivity contribution in [2.24, 2.45) is 0 Å². The Morgan fingerprint density at radius 2 is 1.57 bits per heavy atom. The standard InChI is InChI=1S/C17H29NO2S/c1-5-11-18-17(13-21(19,20)12-6-2)16-9-7-15(8-10-16)14(3)4/h7-10,14,17-18H,5-6,11-13H2,1-4H3. The van der Waals surface area contributed by atoms with Gasteiger partial charge in [0, 0.05) is 11.8 Å². The van der Waals surface area contributed by atoms with Crippen LogP contribution in [-0.2, 0) is 9.84 Å². The van der Waals surface area contributed by atoms with Crippen LogP contribution in [0.25, 0.3) is 0 Å². The van der Waals surface area contributed by atoms with E-state index in [9.17, 15) is 8.42 Å². The van der Waals surface area contributed by atoms with E-state index in [1.165, 1.54) is 5.56 Å². The number of rotatable bonds is 9. The number of sulfone groups is 1. The Bertz CT molecular complexity index is 506. The number of hydrogen-bond acceptors (Lipinski definition) is 3. The van der Waals surface area contributed by atoms with Crippen molar-refractivity contribution in [2.45, 2.75) is 52.5 Å². The molecule has 1 N–H and O–H groups in total. The Kier molecular flexibility index (Phi) is 7.40. The van der Waals surface area contributed by atoms with E-state index in [2.05, 4.69) is 50.4 Å². The van der Waals surface area contributed by atoms with Crippen LogP contribution < -0.4 is 5.32 Å². The van der Waals surface area contributed by atoms with Crippen molar-refractivity contribution in [1.82, 2.24) is 5.32 Å². The fraction of sp³-hybridized carbons (Fsp3) is 0.647. The van der Waals surface area contributed by atoms with Crippen LogP contribution in [0.2, 0.25) is 0 Å². The van der Waals surface area contributed by atoms with Crippen molar-refractivity contribution in [3.05, 3.63) is 35.4 Å². The average Bonchev–Trinajstić information content (AvgIpc) is 2.43. The highest BCUT2D eigenvalue weighted by Gasteiger charge is 2.19. The van der Waals surface area contributed by atoms with Crippen LogP contribution in [0.3, 0.4) is 0 Å². The number of nitrogens with one attached hydrogen (secondary N) is 1. The Morgan fingerprint density at radius 1 is 1.00 bits per heavy atom. The second-order valence-electron chi connectivity index (χ2n) is 5.94. The van der Waals surface area contributed by atoms with Gasteiger partial charge in [-0.25, -0.2) is 8.42 Å². The number of hydrogen-bond donors (Lipinski definition) is 1. The van der Waals surface area contributed by atoms with E-state index in [0.29, 0.717) is 12.3 Å². The summed E-state index contributed by atoms with van der Waals surface area (Å²) in [6.07, 6.45) is 1.67. The maximum Gasteiger partial charge on any atom is 0.152 e. The summed E-state index contributed by atoms with van der Waals surface area (Å²) in [6, 6.07) is 8.22. The topological polar surface area (TPSA) is 46.2 Å². The van der Waals surface area contributed by atoms with E-state index in [0.717, 1.165) is 18.5 Å². The van der Waals surface area contributed by atoms with Crippen molar-refractivity contribution < 1.29 is 8.42 Å². The van der Waals surface area contributed by atoms with E-state index in [4.69, 9.17) is 0 Å². The van der Waals surface area contributed by atoms with Crippen molar-refractivity contribution >= 4 is 9.84 Å². The van der Waals surface area contributed by atoms with E-state index in [1.54, 1.807) is 0 Å². The highest BCUT2D eigenvalue weighted by atomic mass is 32.2. The van der Waals surface area contributed by atoms with Gasteiger partial charge in [-0.05, 0) is 36.4 Å². The molecule has 3 nitrogen and oxygen atoms in total. The molecule has 0 bridgehead atoms. The molecule has 1 aromatic carbocycles. The summed E-state index contributed by atoms with van der Waals surface area (Å²) in [5, 5.41) is 3.37. The van der Waals surface area contributed by atoms with Crippen LogP contribution in [0, 0.1) is 0 Å². The summed E-state index contributed by atoms with van der Waals surface area (Å²) in [6.45, 7) is 9.15. The molecule has 0 saturated carbocycles. The Labute approximate surface area is 130 Å². The van der Waals surface area contributed by atoms with E-state index in [-0.39, 0.29) is 17.5 Å². The molecule has 1 rings (SSSR count). The van der Waals surface area contributed by atoms with Gasteiger partial charge in [-0.2, -0.15) is 0 Å². The zero-order chi connectivity index (χ0) is 15.9. The lowest BCUT2D eigenvalue weighted by Crippen LogP contribution is -2.29. The predicted octanol–water partition coefficient (Wildman–Crippen LogP) is 3.68. The molecule has 0 spiro atoms. The van der Waals surface area contributed by atoms with Gasteiger partial charge in [0.1, 0.15) is 0 Å². The number of benzene rings is 1. The van der Waals surface area contributed by atoms with Crippen LogP contribution in [0.4, 0.5) is 0 Å². The summed E-state index contributed by atoms with van der Waals surface area (Å²) in [7, 11) is -3.00. The second kappa shape index (κ2) is 8.54. The van der Waals surface area contributed by atoms with Gasteiger partial charge in [0.15, 0.2) is 9.84 Å². The quantitative estimate of drug-likeness (QED) is 0.757. The zero-order valence-corrected chi connectivity index (χ0v) is 14.5. The van der Waals surface area contributed by atoms with Gasteiger partial charge in [-0.3, -0.25) is 0 Å². The summed E-state index contributed by atoms with van der Waals surface area (Å²) >= 11 is 0. The molecule has 0 fully saturated rings. The third-order valence-corrected chi connectivity index (χ3v) is 5.45. The van der Waals surface area contributed by atoms with E-state index in [1.807, 2.05) is 6.92 Å². The largest absolute Gasteiger partial charge is 0.309 e. The lowest BCUT2D eigenvalue weighted by molar-refractivity contribution is 0.545. The van der Waals surface area contributed by atoms with Crippen LogP contribution in [0.5, 0.6) is 0 Å². The maximum atomic E-state index is 12.1. The van der Waals surface area contributed by atoms with Gasteiger partial charge < -0.3 is 5.32 Å². The molecule has 21 heavy (non-hydrogen) atoms. The fourth-order valence-electron chi connectivity index (χ4n) is 2.35. The third kappa shape index (κ3) is 6.18. The molecule has 4 heteroatoms. The minimum absolute atomic E-state index is 0.109. The zero-order valence-electron chi connectivity index (χ0n) is 13.7. The van der Waals surface area contributed by atoms with Gasteiger partial charge >= 0.3 is 0 Å². The average molecular weight is 311 g/mol. The van der Waals surface area contributed by atoms with E-state index < -0.39 is 9.84 Å². The normalized spacial score (nSPS) is 13.6. The maximum absolute atomic E-state index is 12.1. The molecule has 0 aliphatic carbocycles. The lowest BCUT2D eigenvalue weighted by Gasteiger charge is -2.20. The summed E-state index contributed by atoms with van der Waals surface area (Å²) in [5.74, 6) is 0.938. The molecule has 1 atom stereocenters. The van der Waals surface area contributed by atoms with Crippen molar-refractivity contribution in [3.63, 3.8) is 0 Å². The van der Waals surface area contributed by atoms with Gasteiger partial charge in [0.05, 0.1) is 5.75 Å². The molecular formula is C17H29NO2S. The Balaban J connectivity index is 2.91. The Morgan fingerprint density at radius 3 is 2.05 bits per heavy atom. The summed E-state index contributed by atoms with van der Waals surface area (Å²) in [4.78, 5) is 0. The molecule has 0 saturated heterocycles. The first-order valence-electron chi connectivity index (χ1n) is 7.93. The molecule has 0 radical (unpaired) electrons. The van der Waals surface area contributed by atoms with Gasteiger partial charge in [0.25, 0.3) is 0 Å². The van der Waals surface area contributed by atoms with Crippen molar-refractivity contribution in [1.29, 1.82) is 0 Å². The van der Waals surface area contributed by atoms with Gasteiger partial charge in [0.2, 0.25) is 0 Å². The molecule has 0 aliphatic heterocycles. The molecule has 0 aliphatic rings. The molecule has 1 unspecified atom stereocenters. The highest BCUT2D eigenvalue weighted by Crippen LogP contribution is 2.20. The molecule has 0 heterocycles. The first kappa shape index (κ1) is 18.2. The summed E-state index contributed by atoms with van der Waals surface area (Å²) < 4.78 is 24.2. The predicted molar refractivity (Wildman–Crippen MR) is 90.5 cm³/mol. The van der Waals surface area contributed by atoms with E-state index >= 15 is 0 Å². The fourth-order valence-corrected chi connectivity index (χ4v) is 3.96. The third-order valence-electron chi connectivity index (χ3n) is 3.58. The van der Waals surface area contributed by atoms with Gasteiger partial charge in [-0.15, -0.1) is 0 Å². The molecule has 0 aromatic heterocycles. The SMILES string of the molecule is CCCNC(CS(=O)(=O)CCC)c1ccc(C(C)C)cc1. The highest BCUT2D eigenvalue weighted by molar-refractivity contribution is 7.91. The van der Waals surface area contributed by atoms with Crippen LogP contribution in [0.1, 0.15) is 63.6 Å². The molecule has 0 amide bonds. The van der Waals surface area contributed by atoms with Gasteiger partial charge in [-0.1, -0.05) is 52.0 Å². The lowest BCUT2D eigenvalue weighted by atomic mass is 9.99. The Hall–Kier alpha value is -0.870. The first-order chi connectivity index (χ1) is 9.89. The first-order valence-corrected chi connectivity index (χ1v) is 9.75. The van der Waals surface area contributed by atoms with Crippen LogP contribution in [-0.4, -0.2) is 26.5 Å². The molecule has 1 aromatic rings. The molecular weight excluding hydrogens is 282 g/mol. The minimum atomic E-state index is -3.00. The van der Waals surface area contributed by atoms with Crippen LogP contribution in [0.15, 0.2) is 24.3 Å². The second-order valence-corrected chi connectivity index (χ2v) is 8.17. The van der Waals surface area contributed by atoms with Crippen LogP contribution >= 0.6 is 0 Å². The van der Waals surface area contributed by atoms with Crippen molar-refractivity contribution in [3.8, 4) is 0 Å². The molecule has 120 valence electrons. The monoisotopic (exact) mass is 311 g/mol. The van der Waals surface area contributed by atoms with Crippen molar-refractivity contribution in [2.75, 3.05) is 18.1 Å². The smallest absolute Gasteiger partial charge is 0.152 e.